The molecule has 9 heteroatoms. The van der Waals surface area contributed by atoms with Crippen molar-refractivity contribution in [2.75, 3.05) is 11.4 Å². The van der Waals surface area contributed by atoms with Crippen molar-refractivity contribution < 1.29 is 14.3 Å². The number of nitrogens with zero attached hydrogens (tertiary/aromatic N) is 4. The molecule has 38 heavy (non-hydrogen) atoms. The second kappa shape index (κ2) is 8.88. The van der Waals surface area contributed by atoms with E-state index in [9.17, 15) is 14.7 Å². The van der Waals surface area contributed by atoms with Crippen molar-refractivity contribution in [3.05, 3.63) is 105 Å². The molecule has 1 aliphatic rings. The molecule has 3 heterocycles. The number of primary amides is 1. The van der Waals surface area contributed by atoms with Gasteiger partial charge in [0.2, 0.25) is 17.6 Å². The van der Waals surface area contributed by atoms with Crippen LogP contribution in [0, 0.1) is 6.92 Å². The Kier molecular flexibility index (Phi) is 5.48. The molecule has 1 aliphatic heterocycles. The second-order valence-corrected chi connectivity index (χ2v) is 9.44. The van der Waals surface area contributed by atoms with E-state index in [4.69, 9.17) is 15.1 Å². The van der Waals surface area contributed by atoms with Crippen LogP contribution >= 0.6 is 0 Å². The van der Waals surface area contributed by atoms with E-state index < -0.39 is 17.2 Å². The summed E-state index contributed by atoms with van der Waals surface area (Å²) in [6.07, 6.45) is 0.658. The Morgan fingerprint density at radius 1 is 1.05 bits per heavy atom. The van der Waals surface area contributed by atoms with E-state index in [0.29, 0.717) is 35.6 Å². The van der Waals surface area contributed by atoms with Crippen molar-refractivity contribution in [2.45, 2.75) is 19.4 Å². The largest absolute Gasteiger partial charge is 0.501 e. The lowest BCUT2D eigenvalue weighted by Gasteiger charge is -2.39. The first kappa shape index (κ1) is 23.5. The molecule has 1 atom stereocenters. The quantitative estimate of drug-likeness (QED) is 0.378. The molecule has 0 saturated heterocycles. The number of aryl methyl sites for hydroxylation is 1. The van der Waals surface area contributed by atoms with Crippen LogP contribution in [0.25, 0.3) is 22.7 Å². The smallest absolute Gasteiger partial charge is 0.297 e. The molecule has 190 valence electrons. The van der Waals surface area contributed by atoms with Gasteiger partial charge in [0.25, 0.3) is 11.4 Å². The molecule has 1 unspecified atom stereocenters. The van der Waals surface area contributed by atoms with Crippen LogP contribution in [0.1, 0.15) is 38.7 Å². The van der Waals surface area contributed by atoms with Gasteiger partial charge in [0.15, 0.2) is 11.3 Å². The minimum absolute atomic E-state index is 0.0282. The highest BCUT2D eigenvalue weighted by molar-refractivity contribution is 5.93. The molecule has 5 aromatic rings. The van der Waals surface area contributed by atoms with Gasteiger partial charge in [-0.25, -0.2) is 9.97 Å². The van der Waals surface area contributed by atoms with Crippen molar-refractivity contribution in [1.82, 2.24) is 14.5 Å². The molecule has 0 radical (unpaired) electrons. The molecule has 0 spiro atoms. The third-order valence-electron chi connectivity index (χ3n) is 7.14. The van der Waals surface area contributed by atoms with Gasteiger partial charge in [-0.2, -0.15) is 0 Å². The summed E-state index contributed by atoms with van der Waals surface area (Å²) in [6, 6.07) is 20.3. The first-order chi connectivity index (χ1) is 18.3. The topological polar surface area (TPSA) is 127 Å². The van der Waals surface area contributed by atoms with Crippen LogP contribution < -0.4 is 16.2 Å². The lowest BCUT2D eigenvalue weighted by atomic mass is 9.85. The molecule has 3 aromatic carbocycles. The minimum atomic E-state index is -0.618. The fraction of sp³-hybridized carbons (Fsp3) is 0.172. The van der Waals surface area contributed by atoms with Crippen molar-refractivity contribution in [2.24, 2.45) is 12.8 Å². The number of benzene rings is 3. The number of hydrogen-bond acceptors (Lipinski definition) is 7. The standard InChI is InChI=1S/C29H25N5O4/c1-16-7-3-4-8-19(16)24-20-15-18(26(30)36)12-11-17(20)13-14-34(24)29-32-23(25(35)28(37)33(29)2)27-31-21-9-5-6-10-22(21)38-27/h3-12,15,24,35H,13-14H2,1-2H3,(H2,30,36). The Morgan fingerprint density at radius 3 is 2.58 bits per heavy atom. The number of fused-ring (bicyclic) bond motifs is 2. The number of amides is 1. The van der Waals surface area contributed by atoms with Crippen molar-refractivity contribution in [3.63, 3.8) is 0 Å². The van der Waals surface area contributed by atoms with Gasteiger partial charge in [0.05, 0.1) is 6.04 Å². The van der Waals surface area contributed by atoms with Gasteiger partial charge < -0.3 is 20.2 Å². The number of nitrogens with two attached hydrogens (primary N) is 1. The number of oxazole rings is 1. The molecule has 0 fully saturated rings. The lowest BCUT2D eigenvalue weighted by Crippen LogP contribution is -2.40. The third-order valence-corrected chi connectivity index (χ3v) is 7.14. The zero-order valence-electron chi connectivity index (χ0n) is 20.9. The minimum Gasteiger partial charge on any atom is -0.501 e. The van der Waals surface area contributed by atoms with Crippen LogP contribution in [-0.2, 0) is 13.5 Å². The predicted molar refractivity (Wildman–Crippen MR) is 143 cm³/mol. The van der Waals surface area contributed by atoms with Crippen LogP contribution in [0.5, 0.6) is 5.75 Å². The van der Waals surface area contributed by atoms with Crippen LogP contribution in [-0.4, -0.2) is 32.1 Å². The van der Waals surface area contributed by atoms with Gasteiger partial charge in [0, 0.05) is 19.2 Å². The average Bonchev–Trinajstić information content (AvgIpc) is 3.35. The summed E-state index contributed by atoms with van der Waals surface area (Å²) in [4.78, 5) is 36.5. The predicted octanol–water partition coefficient (Wildman–Crippen LogP) is 3.85. The highest BCUT2D eigenvalue weighted by Crippen LogP contribution is 2.40. The van der Waals surface area contributed by atoms with Crippen molar-refractivity contribution in [1.29, 1.82) is 0 Å². The average molecular weight is 508 g/mol. The van der Waals surface area contributed by atoms with Crippen LogP contribution in [0.4, 0.5) is 5.95 Å². The van der Waals surface area contributed by atoms with Crippen LogP contribution in [0.3, 0.4) is 0 Å². The first-order valence-electron chi connectivity index (χ1n) is 12.2. The van der Waals surface area contributed by atoms with Gasteiger partial charge in [-0.15, -0.1) is 0 Å². The lowest BCUT2D eigenvalue weighted by molar-refractivity contribution is 0.1000. The second-order valence-electron chi connectivity index (χ2n) is 9.44. The maximum atomic E-state index is 13.3. The fourth-order valence-electron chi connectivity index (χ4n) is 5.17. The monoisotopic (exact) mass is 507 g/mol. The van der Waals surface area contributed by atoms with E-state index in [1.807, 2.05) is 60.4 Å². The SMILES string of the molecule is Cc1ccccc1C1c2cc(C(N)=O)ccc2CCN1c1nc(-c2nc3ccccc3o2)c(O)c(=O)n1C. The van der Waals surface area contributed by atoms with Crippen molar-refractivity contribution in [3.8, 4) is 17.3 Å². The Morgan fingerprint density at radius 2 is 1.82 bits per heavy atom. The van der Waals surface area contributed by atoms with Crippen LogP contribution in [0.15, 0.2) is 75.9 Å². The summed E-state index contributed by atoms with van der Waals surface area (Å²) >= 11 is 0. The zero-order valence-corrected chi connectivity index (χ0v) is 20.9. The normalized spacial score (nSPS) is 15.0. The molecule has 1 amide bonds. The van der Waals surface area contributed by atoms with E-state index >= 15 is 0 Å². The number of hydrogen-bond donors (Lipinski definition) is 2. The van der Waals surface area contributed by atoms with E-state index in [1.165, 1.54) is 4.57 Å². The number of carbonyl (C=O) groups excluding carboxylic acids is 1. The highest BCUT2D eigenvalue weighted by atomic mass is 16.4. The maximum absolute atomic E-state index is 13.3. The number of carbonyl (C=O) groups is 1. The Bertz CT molecular complexity index is 1760. The third kappa shape index (κ3) is 3.71. The van der Waals surface area contributed by atoms with Crippen molar-refractivity contribution >= 4 is 23.0 Å². The molecule has 6 rings (SSSR count). The summed E-state index contributed by atoms with van der Waals surface area (Å²) in [5.41, 5.74) is 10.5. The van der Waals surface area contributed by atoms with Gasteiger partial charge in [0.1, 0.15) is 5.52 Å². The maximum Gasteiger partial charge on any atom is 0.297 e. The first-order valence-corrected chi connectivity index (χ1v) is 12.2. The number of para-hydroxylation sites is 2. The van der Waals surface area contributed by atoms with Gasteiger partial charge in [-0.1, -0.05) is 42.5 Å². The molecule has 2 aromatic heterocycles. The molecule has 9 nitrogen and oxygen atoms in total. The van der Waals surface area contributed by atoms with E-state index in [0.717, 1.165) is 22.3 Å². The summed E-state index contributed by atoms with van der Waals surface area (Å²) < 4.78 is 7.18. The van der Waals surface area contributed by atoms with Gasteiger partial charge >= 0.3 is 0 Å². The highest BCUT2D eigenvalue weighted by Gasteiger charge is 2.34. The summed E-state index contributed by atoms with van der Waals surface area (Å²) in [5.74, 6) is -0.650. The number of aromatic hydroxyl groups is 1. The number of aromatic nitrogens is 3. The molecular weight excluding hydrogens is 482 g/mol. The van der Waals surface area contributed by atoms with Gasteiger partial charge in [-0.3, -0.25) is 14.2 Å². The molecule has 0 aliphatic carbocycles. The molecular formula is C29H25N5O4. The number of rotatable bonds is 4. The number of anilines is 1. The zero-order chi connectivity index (χ0) is 26.6. The Labute approximate surface area is 217 Å². The van der Waals surface area contributed by atoms with Gasteiger partial charge in [-0.05, 0) is 59.9 Å². The van der Waals surface area contributed by atoms with Crippen LogP contribution in [0.2, 0.25) is 0 Å². The van der Waals surface area contributed by atoms with E-state index in [2.05, 4.69) is 4.98 Å². The van der Waals surface area contributed by atoms with E-state index in [1.54, 1.807) is 25.2 Å². The molecule has 0 saturated carbocycles. The molecule has 3 N–H and O–H groups in total. The Hall–Kier alpha value is -4.92. The molecule has 0 bridgehead atoms. The Balaban J connectivity index is 1.58. The summed E-state index contributed by atoms with van der Waals surface area (Å²) in [7, 11) is 1.57. The van der Waals surface area contributed by atoms with E-state index in [-0.39, 0.29) is 17.6 Å². The summed E-state index contributed by atoms with van der Waals surface area (Å²) in [6.45, 7) is 2.56. The fourth-order valence-corrected chi connectivity index (χ4v) is 5.17. The summed E-state index contributed by atoms with van der Waals surface area (Å²) in [5, 5.41) is 10.8.